The van der Waals surface area contributed by atoms with Crippen LogP contribution >= 0.6 is 0 Å². The van der Waals surface area contributed by atoms with E-state index in [2.05, 4.69) is 10.1 Å². The lowest BCUT2D eigenvalue weighted by molar-refractivity contribution is -0.0648. The number of carbonyl (C=O) groups is 2. The van der Waals surface area contributed by atoms with Crippen molar-refractivity contribution in [3.05, 3.63) is 95.3 Å². The van der Waals surface area contributed by atoms with Crippen LogP contribution < -0.4 is 5.32 Å². The highest BCUT2D eigenvalue weighted by Gasteiger charge is 2.43. The Balaban J connectivity index is 1.51. The third kappa shape index (κ3) is 5.71. The van der Waals surface area contributed by atoms with E-state index in [0.717, 1.165) is 11.6 Å². The van der Waals surface area contributed by atoms with Crippen molar-refractivity contribution in [1.29, 1.82) is 0 Å². The van der Waals surface area contributed by atoms with Crippen LogP contribution in [-0.4, -0.2) is 37.3 Å². The summed E-state index contributed by atoms with van der Waals surface area (Å²) in [6.07, 6.45) is -0.457. The normalized spacial score (nSPS) is 18.2. The standard InChI is InChI=1S/C28H27F3N2O4/c1-18(19-3-5-20(6-4-19)24-12-11-23(30)17-25(24)31)33-16-14-28(37-27(33)35,13-15-32-26(34)36-2)21-7-9-22(29)10-8-21/h3-12,17-18H,13-16H2,1-2H3,(H,32,34)/t18-,28-/m0/s1. The van der Waals surface area contributed by atoms with Crippen molar-refractivity contribution in [2.24, 2.45) is 0 Å². The molecule has 0 spiro atoms. The van der Waals surface area contributed by atoms with Gasteiger partial charge < -0.3 is 19.7 Å². The molecular weight excluding hydrogens is 485 g/mol. The number of nitrogens with one attached hydrogen (secondary N) is 1. The molecule has 1 saturated heterocycles. The molecule has 3 aromatic rings. The molecule has 3 aromatic carbocycles. The molecule has 1 aliphatic heterocycles. The molecule has 37 heavy (non-hydrogen) atoms. The minimum atomic E-state index is -1.05. The summed E-state index contributed by atoms with van der Waals surface area (Å²) < 4.78 is 51.6. The fourth-order valence-electron chi connectivity index (χ4n) is 4.58. The molecule has 4 rings (SSSR count). The molecule has 0 aromatic heterocycles. The highest BCUT2D eigenvalue weighted by Crippen LogP contribution is 2.39. The number of rotatable bonds is 7. The van der Waals surface area contributed by atoms with Crippen LogP contribution in [0.25, 0.3) is 11.1 Å². The summed E-state index contributed by atoms with van der Waals surface area (Å²) in [5, 5.41) is 2.60. The van der Waals surface area contributed by atoms with E-state index in [4.69, 9.17) is 4.74 Å². The number of halogens is 3. The molecule has 1 heterocycles. The average Bonchev–Trinajstić information content (AvgIpc) is 2.89. The Hall–Kier alpha value is -4.01. The number of alkyl carbamates (subject to hydrolysis) is 1. The summed E-state index contributed by atoms with van der Waals surface area (Å²) in [7, 11) is 1.26. The molecule has 0 aliphatic carbocycles. The Morgan fingerprint density at radius 1 is 1.05 bits per heavy atom. The number of ether oxygens (including phenoxy) is 2. The van der Waals surface area contributed by atoms with Gasteiger partial charge in [-0.05, 0) is 47.9 Å². The summed E-state index contributed by atoms with van der Waals surface area (Å²) in [6, 6.07) is 15.9. The first kappa shape index (κ1) is 26.1. The van der Waals surface area contributed by atoms with Crippen LogP contribution in [-0.2, 0) is 15.1 Å². The van der Waals surface area contributed by atoms with E-state index in [9.17, 15) is 22.8 Å². The molecule has 1 fully saturated rings. The fraction of sp³-hybridized carbons (Fsp3) is 0.286. The number of hydrogen-bond donors (Lipinski definition) is 1. The largest absolute Gasteiger partial charge is 0.453 e. The molecule has 2 amide bonds. The lowest BCUT2D eigenvalue weighted by atomic mass is 9.85. The van der Waals surface area contributed by atoms with Gasteiger partial charge in [0.15, 0.2) is 0 Å². The molecule has 2 atom stereocenters. The second kappa shape index (κ2) is 10.9. The van der Waals surface area contributed by atoms with Crippen LogP contribution in [0.5, 0.6) is 0 Å². The Morgan fingerprint density at radius 3 is 2.35 bits per heavy atom. The molecule has 0 unspecified atom stereocenters. The van der Waals surface area contributed by atoms with Crippen molar-refractivity contribution in [1.82, 2.24) is 10.2 Å². The zero-order valence-electron chi connectivity index (χ0n) is 20.5. The SMILES string of the molecule is COC(=O)NCC[C@@]1(c2ccc(F)cc2)CCN([C@@H](C)c2ccc(-c3ccc(F)cc3F)cc2)C(=O)O1. The first-order valence-electron chi connectivity index (χ1n) is 11.9. The van der Waals surface area contributed by atoms with Gasteiger partial charge in [0, 0.05) is 37.6 Å². The van der Waals surface area contributed by atoms with Gasteiger partial charge in [-0.2, -0.15) is 0 Å². The Bertz CT molecular complexity index is 1270. The second-order valence-electron chi connectivity index (χ2n) is 8.90. The molecule has 0 saturated carbocycles. The summed E-state index contributed by atoms with van der Waals surface area (Å²) in [5.41, 5.74) is 1.26. The van der Waals surface area contributed by atoms with Crippen molar-refractivity contribution in [3.63, 3.8) is 0 Å². The zero-order valence-corrected chi connectivity index (χ0v) is 20.5. The van der Waals surface area contributed by atoms with E-state index in [-0.39, 0.29) is 24.6 Å². The second-order valence-corrected chi connectivity index (χ2v) is 8.90. The van der Waals surface area contributed by atoms with Crippen molar-refractivity contribution >= 4 is 12.2 Å². The predicted octanol–water partition coefficient (Wildman–Crippen LogP) is 6.32. The maximum atomic E-state index is 14.2. The molecule has 1 N–H and O–H groups in total. The van der Waals surface area contributed by atoms with Gasteiger partial charge in [0.05, 0.1) is 13.2 Å². The molecule has 194 valence electrons. The smallest absolute Gasteiger partial charge is 0.411 e. The van der Waals surface area contributed by atoms with E-state index in [1.807, 2.05) is 6.92 Å². The van der Waals surface area contributed by atoms with E-state index >= 15 is 0 Å². The van der Waals surface area contributed by atoms with E-state index < -0.39 is 35.2 Å². The minimum Gasteiger partial charge on any atom is -0.453 e. The van der Waals surface area contributed by atoms with Gasteiger partial charge in [-0.25, -0.2) is 22.8 Å². The van der Waals surface area contributed by atoms with Gasteiger partial charge in [-0.3, -0.25) is 0 Å². The number of nitrogens with zero attached hydrogens (tertiary/aromatic N) is 1. The lowest BCUT2D eigenvalue weighted by Crippen LogP contribution is -2.49. The predicted molar refractivity (Wildman–Crippen MR) is 131 cm³/mol. The van der Waals surface area contributed by atoms with Gasteiger partial charge in [0.2, 0.25) is 0 Å². The van der Waals surface area contributed by atoms with Gasteiger partial charge in [0.25, 0.3) is 0 Å². The lowest BCUT2D eigenvalue weighted by Gasteiger charge is -2.43. The number of amides is 2. The van der Waals surface area contributed by atoms with Crippen molar-refractivity contribution in [3.8, 4) is 11.1 Å². The number of benzene rings is 3. The summed E-state index contributed by atoms with van der Waals surface area (Å²) >= 11 is 0. The molecule has 6 nitrogen and oxygen atoms in total. The molecular formula is C28H27F3N2O4. The Morgan fingerprint density at radius 2 is 1.73 bits per heavy atom. The monoisotopic (exact) mass is 512 g/mol. The molecule has 0 radical (unpaired) electrons. The molecule has 0 bridgehead atoms. The van der Waals surface area contributed by atoms with Crippen molar-refractivity contribution in [2.75, 3.05) is 20.2 Å². The number of hydrogen-bond acceptors (Lipinski definition) is 4. The minimum absolute atomic E-state index is 0.189. The third-order valence-electron chi connectivity index (χ3n) is 6.73. The summed E-state index contributed by atoms with van der Waals surface area (Å²) in [6.45, 7) is 2.40. The fourth-order valence-corrected chi connectivity index (χ4v) is 4.58. The van der Waals surface area contributed by atoms with Crippen LogP contribution in [0.2, 0.25) is 0 Å². The highest BCUT2D eigenvalue weighted by atomic mass is 19.1. The average molecular weight is 513 g/mol. The van der Waals surface area contributed by atoms with Crippen LogP contribution in [0.15, 0.2) is 66.7 Å². The summed E-state index contributed by atoms with van der Waals surface area (Å²) in [5.74, 6) is -1.71. The molecule has 1 aliphatic rings. The molecule has 9 heteroatoms. The quantitative estimate of drug-likeness (QED) is 0.403. The van der Waals surface area contributed by atoms with Crippen molar-refractivity contribution in [2.45, 2.75) is 31.4 Å². The van der Waals surface area contributed by atoms with E-state index in [0.29, 0.717) is 24.1 Å². The van der Waals surface area contributed by atoms with E-state index in [1.165, 1.54) is 31.4 Å². The maximum absolute atomic E-state index is 14.2. The first-order valence-corrected chi connectivity index (χ1v) is 11.9. The van der Waals surface area contributed by atoms with Crippen LogP contribution in [0.4, 0.5) is 22.8 Å². The Labute approximate surface area is 213 Å². The number of methoxy groups -OCH3 is 1. The number of carbonyl (C=O) groups excluding carboxylic acids is 2. The van der Waals surface area contributed by atoms with E-state index in [1.54, 1.807) is 41.3 Å². The number of cyclic esters (lactones) is 1. The van der Waals surface area contributed by atoms with Gasteiger partial charge in [-0.1, -0.05) is 36.4 Å². The summed E-state index contributed by atoms with van der Waals surface area (Å²) in [4.78, 5) is 26.3. The van der Waals surface area contributed by atoms with Crippen LogP contribution in [0.3, 0.4) is 0 Å². The Kier molecular flexibility index (Phi) is 7.71. The third-order valence-corrected chi connectivity index (χ3v) is 6.73. The van der Waals surface area contributed by atoms with Crippen LogP contribution in [0, 0.1) is 17.5 Å². The van der Waals surface area contributed by atoms with Gasteiger partial charge >= 0.3 is 12.2 Å². The zero-order chi connectivity index (χ0) is 26.6. The highest BCUT2D eigenvalue weighted by molar-refractivity contribution is 5.71. The maximum Gasteiger partial charge on any atom is 0.411 e. The topological polar surface area (TPSA) is 67.9 Å². The van der Waals surface area contributed by atoms with Crippen molar-refractivity contribution < 1.29 is 32.2 Å². The van der Waals surface area contributed by atoms with Gasteiger partial charge in [0.1, 0.15) is 23.1 Å². The first-order chi connectivity index (χ1) is 17.7. The van der Waals surface area contributed by atoms with Gasteiger partial charge in [-0.15, -0.1) is 0 Å². The van der Waals surface area contributed by atoms with Crippen LogP contribution in [0.1, 0.15) is 36.9 Å².